The Morgan fingerprint density at radius 2 is 2.64 bits per heavy atom. The number of ether oxygens (including phenoxy) is 1. The summed E-state index contributed by atoms with van der Waals surface area (Å²) in [6.07, 6.45) is 5.88. The van der Waals surface area contributed by atoms with Gasteiger partial charge in [0.05, 0.1) is 13.5 Å². The van der Waals surface area contributed by atoms with E-state index < -0.39 is 0 Å². The van der Waals surface area contributed by atoms with Crippen molar-refractivity contribution in [3.05, 3.63) is 11.8 Å². The predicted molar refractivity (Wildman–Crippen MR) is 42.4 cm³/mol. The summed E-state index contributed by atoms with van der Waals surface area (Å²) in [5, 5.41) is 0. The molecule has 0 aliphatic carbocycles. The second-order valence-corrected chi connectivity index (χ2v) is 2.32. The Hall–Kier alpha value is -1.12. The van der Waals surface area contributed by atoms with Crippen LogP contribution >= 0.6 is 0 Å². The Labute approximate surface area is 65.8 Å². The molecule has 0 fully saturated rings. The molecule has 0 atom stereocenters. The molecular weight excluding hydrogens is 142 g/mol. The molecule has 0 saturated heterocycles. The molecule has 3 nitrogen and oxygen atoms in total. The van der Waals surface area contributed by atoms with Gasteiger partial charge in [0.15, 0.2) is 0 Å². The maximum Gasteiger partial charge on any atom is 0.305 e. The van der Waals surface area contributed by atoms with Crippen molar-refractivity contribution < 1.29 is 9.53 Å². The SMILES string of the molecule is COC(=O)CCC1=CCC=N1. The lowest BCUT2D eigenvalue weighted by atomic mass is 10.2. The number of hydrogen-bond acceptors (Lipinski definition) is 3. The number of hydrogen-bond donors (Lipinski definition) is 0. The summed E-state index contributed by atoms with van der Waals surface area (Å²) in [7, 11) is 1.40. The Morgan fingerprint density at radius 3 is 3.18 bits per heavy atom. The highest BCUT2D eigenvalue weighted by Gasteiger charge is 2.03. The molecule has 0 aromatic carbocycles. The second-order valence-electron chi connectivity index (χ2n) is 2.32. The van der Waals surface area contributed by atoms with Crippen LogP contribution in [0.5, 0.6) is 0 Å². The topological polar surface area (TPSA) is 38.7 Å². The van der Waals surface area contributed by atoms with E-state index in [0.29, 0.717) is 12.8 Å². The average molecular weight is 153 g/mol. The molecule has 60 valence electrons. The first-order chi connectivity index (χ1) is 5.33. The molecule has 0 aromatic rings. The molecule has 0 N–H and O–H groups in total. The highest BCUT2D eigenvalue weighted by atomic mass is 16.5. The first kappa shape index (κ1) is 7.98. The van der Waals surface area contributed by atoms with Crippen LogP contribution in [-0.4, -0.2) is 19.3 Å². The van der Waals surface area contributed by atoms with E-state index >= 15 is 0 Å². The number of esters is 1. The van der Waals surface area contributed by atoms with E-state index in [1.54, 1.807) is 0 Å². The zero-order chi connectivity index (χ0) is 8.10. The maximum absolute atomic E-state index is 10.7. The summed E-state index contributed by atoms with van der Waals surface area (Å²) in [6, 6.07) is 0. The molecule has 1 rings (SSSR count). The predicted octanol–water partition coefficient (Wildman–Crippen LogP) is 1.30. The Morgan fingerprint density at radius 1 is 1.82 bits per heavy atom. The lowest BCUT2D eigenvalue weighted by molar-refractivity contribution is -0.140. The molecule has 0 aromatic heterocycles. The molecule has 0 amide bonds. The van der Waals surface area contributed by atoms with E-state index in [4.69, 9.17) is 0 Å². The number of methoxy groups -OCH3 is 1. The van der Waals surface area contributed by atoms with Crippen LogP contribution in [0.15, 0.2) is 16.8 Å². The van der Waals surface area contributed by atoms with Crippen LogP contribution in [0.3, 0.4) is 0 Å². The van der Waals surface area contributed by atoms with Crippen molar-refractivity contribution in [1.82, 2.24) is 0 Å². The van der Waals surface area contributed by atoms with Crippen LogP contribution < -0.4 is 0 Å². The quantitative estimate of drug-likeness (QED) is 0.573. The van der Waals surface area contributed by atoms with E-state index in [2.05, 4.69) is 9.73 Å². The minimum Gasteiger partial charge on any atom is -0.469 e. The van der Waals surface area contributed by atoms with Gasteiger partial charge in [-0.05, 0) is 6.42 Å². The third-order valence-electron chi connectivity index (χ3n) is 1.53. The van der Waals surface area contributed by atoms with Crippen molar-refractivity contribution in [2.45, 2.75) is 19.3 Å². The molecule has 1 aliphatic heterocycles. The summed E-state index contributed by atoms with van der Waals surface area (Å²) < 4.78 is 4.49. The normalized spacial score (nSPS) is 14.8. The molecule has 1 heterocycles. The Bertz CT molecular complexity index is 206. The lowest BCUT2D eigenvalue weighted by Crippen LogP contribution is -1.99. The standard InChI is InChI=1S/C8H11NO2/c1-11-8(10)5-4-7-3-2-6-9-7/h3,6H,2,4-5H2,1H3. The fourth-order valence-electron chi connectivity index (χ4n) is 0.910. The zero-order valence-electron chi connectivity index (χ0n) is 6.54. The van der Waals surface area contributed by atoms with Gasteiger partial charge in [0.2, 0.25) is 0 Å². The molecule has 0 radical (unpaired) electrons. The van der Waals surface area contributed by atoms with Gasteiger partial charge in [0.1, 0.15) is 0 Å². The van der Waals surface area contributed by atoms with Gasteiger partial charge in [-0.25, -0.2) is 0 Å². The Kier molecular flexibility index (Phi) is 2.83. The minimum absolute atomic E-state index is 0.173. The van der Waals surface area contributed by atoms with Gasteiger partial charge in [0, 0.05) is 18.3 Å². The fraction of sp³-hybridized carbons (Fsp3) is 0.500. The van der Waals surface area contributed by atoms with Gasteiger partial charge < -0.3 is 4.74 Å². The number of allylic oxidation sites excluding steroid dienone is 2. The van der Waals surface area contributed by atoms with Crippen LogP contribution in [0.25, 0.3) is 0 Å². The van der Waals surface area contributed by atoms with E-state index in [9.17, 15) is 4.79 Å². The highest BCUT2D eigenvalue weighted by Crippen LogP contribution is 2.11. The van der Waals surface area contributed by atoms with Gasteiger partial charge in [-0.3, -0.25) is 9.79 Å². The molecule has 11 heavy (non-hydrogen) atoms. The average Bonchev–Trinajstić information content (AvgIpc) is 2.52. The summed E-state index contributed by atoms with van der Waals surface area (Å²) in [5.41, 5.74) is 0.996. The number of aliphatic imine (C=N–C) groups is 1. The van der Waals surface area contributed by atoms with Crippen LogP contribution in [0.4, 0.5) is 0 Å². The van der Waals surface area contributed by atoms with Crippen molar-refractivity contribution in [3.8, 4) is 0 Å². The number of carbonyl (C=O) groups excluding carboxylic acids is 1. The third-order valence-corrected chi connectivity index (χ3v) is 1.53. The molecule has 0 bridgehead atoms. The Balaban J connectivity index is 2.22. The van der Waals surface area contributed by atoms with Crippen LogP contribution in [0, 0.1) is 0 Å². The summed E-state index contributed by atoms with van der Waals surface area (Å²) in [6.45, 7) is 0. The summed E-state index contributed by atoms with van der Waals surface area (Å²) in [4.78, 5) is 14.7. The largest absolute Gasteiger partial charge is 0.469 e. The van der Waals surface area contributed by atoms with Crippen molar-refractivity contribution in [1.29, 1.82) is 0 Å². The van der Waals surface area contributed by atoms with Gasteiger partial charge in [0.25, 0.3) is 0 Å². The number of nitrogens with zero attached hydrogens (tertiary/aromatic N) is 1. The number of rotatable bonds is 3. The molecular formula is C8H11NO2. The van der Waals surface area contributed by atoms with E-state index in [-0.39, 0.29) is 5.97 Å². The molecule has 0 unspecified atom stereocenters. The fourth-order valence-corrected chi connectivity index (χ4v) is 0.910. The van der Waals surface area contributed by atoms with Crippen LogP contribution in [0.2, 0.25) is 0 Å². The maximum atomic E-state index is 10.7. The second kappa shape index (κ2) is 3.91. The van der Waals surface area contributed by atoms with Crippen molar-refractivity contribution >= 4 is 12.2 Å². The first-order valence-corrected chi connectivity index (χ1v) is 3.61. The molecule has 3 heteroatoms. The minimum atomic E-state index is -0.173. The third kappa shape index (κ3) is 2.53. The monoisotopic (exact) mass is 153 g/mol. The number of carbonyl (C=O) groups is 1. The zero-order valence-corrected chi connectivity index (χ0v) is 6.54. The van der Waals surface area contributed by atoms with E-state index in [0.717, 1.165) is 12.1 Å². The first-order valence-electron chi connectivity index (χ1n) is 3.61. The molecule has 0 saturated carbocycles. The van der Waals surface area contributed by atoms with E-state index in [1.165, 1.54) is 7.11 Å². The van der Waals surface area contributed by atoms with E-state index in [1.807, 2.05) is 12.3 Å². The molecule has 1 aliphatic rings. The van der Waals surface area contributed by atoms with Gasteiger partial charge in [-0.15, -0.1) is 0 Å². The smallest absolute Gasteiger partial charge is 0.305 e. The van der Waals surface area contributed by atoms with Crippen LogP contribution in [0.1, 0.15) is 19.3 Å². The van der Waals surface area contributed by atoms with Crippen molar-refractivity contribution in [2.24, 2.45) is 4.99 Å². The summed E-state index contributed by atoms with van der Waals surface area (Å²) >= 11 is 0. The van der Waals surface area contributed by atoms with Crippen LogP contribution in [-0.2, 0) is 9.53 Å². The van der Waals surface area contributed by atoms with Crippen molar-refractivity contribution in [3.63, 3.8) is 0 Å². The lowest BCUT2D eigenvalue weighted by Gasteiger charge is -1.96. The van der Waals surface area contributed by atoms with Gasteiger partial charge in [-0.1, -0.05) is 6.08 Å². The van der Waals surface area contributed by atoms with Gasteiger partial charge >= 0.3 is 5.97 Å². The van der Waals surface area contributed by atoms with Crippen molar-refractivity contribution in [2.75, 3.05) is 7.11 Å². The molecule has 0 spiro atoms. The van der Waals surface area contributed by atoms with Gasteiger partial charge in [-0.2, -0.15) is 0 Å². The summed E-state index contributed by atoms with van der Waals surface area (Å²) in [5.74, 6) is -0.173. The highest BCUT2D eigenvalue weighted by molar-refractivity contribution is 5.70.